The van der Waals surface area contributed by atoms with Crippen LogP contribution in [0.5, 0.6) is 0 Å². The Kier molecular flexibility index (Phi) is 18.6. The molecule has 0 aromatic rings. The summed E-state index contributed by atoms with van der Waals surface area (Å²) < 4.78 is 39.0. The molecule has 1 rings (SSSR count). The summed E-state index contributed by atoms with van der Waals surface area (Å²) in [5, 5.41) is 15.0. The van der Waals surface area contributed by atoms with Crippen LogP contribution in [0.1, 0.15) is 118 Å². The number of hydrogen-bond donors (Lipinski definition) is 3. The molecule has 280 valence electrons. The van der Waals surface area contributed by atoms with Crippen molar-refractivity contribution in [1.29, 1.82) is 0 Å². The number of aliphatic carboxylic acids is 1. The molecule has 1 aliphatic rings. The minimum Gasteiger partial charge on any atom is -0.550 e. The van der Waals surface area contributed by atoms with Crippen molar-refractivity contribution in [3.8, 4) is 0 Å². The number of quaternary nitrogens is 1. The van der Waals surface area contributed by atoms with Crippen LogP contribution in [0.25, 0.3) is 0 Å². The van der Waals surface area contributed by atoms with Gasteiger partial charge in [0.05, 0.1) is 37.8 Å². The number of likely N-dealkylation sites (N-methyl/N-ethyl adjacent to an activating group) is 1. The van der Waals surface area contributed by atoms with Crippen LogP contribution in [0.3, 0.4) is 0 Å². The van der Waals surface area contributed by atoms with Crippen LogP contribution in [0.4, 0.5) is 0 Å². The van der Waals surface area contributed by atoms with Gasteiger partial charge in [-0.05, 0) is 70.6 Å². The van der Waals surface area contributed by atoms with Gasteiger partial charge < -0.3 is 30.2 Å². The van der Waals surface area contributed by atoms with Gasteiger partial charge in [0, 0.05) is 23.7 Å². The highest BCUT2D eigenvalue weighted by atomic mass is 32.2. The number of carboxylic acids is 1. The average Bonchev–Trinajstić information content (AvgIpc) is 3.40. The predicted octanol–water partition coefficient (Wildman–Crippen LogP) is 3.47. The molecule has 1 saturated carbocycles. The zero-order valence-electron chi connectivity index (χ0n) is 30.6. The average molecular weight is 704 g/mol. The molecular formula is C35H65N3O9S. The maximum atomic E-state index is 13.7. The number of esters is 1. The van der Waals surface area contributed by atoms with E-state index in [4.69, 9.17) is 10.5 Å². The summed E-state index contributed by atoms with van der Waals surface area (Å²) in [6.07, 6.45) is 10.1. The third-order valence-electron chi connectivity index (χ3n) is 10.0. The second-order valence-electron chi connectivity index (χ2n) is 15.5. The Labute approximate surface area is 289 Å². The van der Waals surface area contributed by atoms with Gasteiger partial charge in [-0.1, -0.05) is 59.3 Å². The molecule has 0 radical (unpaired) electrons. The normalized spacial score (nSPS) is 19.7. The second-order valence-corrected chi connectivity index (χ2v) is 17.0. The van der Waals surface area contributed by atoms with E-state index in [0.29, 0.717) is 25.8 Å². The van der Waals surface area contributed by atoms with Crippen LogP contribution in [0, 0.1) is 35.5 Å². The first kappa shape index (κ1) is 43.8. The summed E-state index contributed by atoms with van der Waals surface area (Å²) in [7, 11) is -0.171. The van der Waals surface area contributed by atoms with Gasteiger partial charge in [-0.3, -0.25) is 18.9 Å². The van der Waals surface area contributed by atoms with Crippen molar-refractivity contribution in [3.05, 3.63) is 0 Å². The van der Waals surface area contributed by atoms with Crippen LogP contribution >= 0.6 is 0 Å². The second kappa shape index (κ2) is 20.4. The Balaban J connectivity index is 3.04. The molecule has 0 heterocycles. The number of carbonyl (C=O) groups excluding carboxylic acids is 4. The third-order valence-corrected chi connectivity index (χ3v) is 11.1. The number of nitrogens with one attached hydrogen (secondary N) is 1. The monoisotopic (exact) mass is 703 g/mol. The molecule has 1 aliphatic carbocycles. The van der Waals surface area contributed by atoms with Crippen molar-refractivity contribution in [2.24, 2.45) is 41.2 Å². The molecule has 6 unspecified atom stereocenters. The zero-order valence-corrected chi connectivity index (χ0v) is 31.4. The van der Waals surface area contributed by atoms with E-state index in [9.17, 15) is 37.3 Å². The van der Waals surface area contributed by atoms with Gasteiger partial charge in [0.15, 0.2) is 0 Å². The molecule has 6 atom stereocenters. The summed E-state index contributed by atoms with van der Waals surface area (Å²) in [4.78, 5) is 51.1. The number of carboxylic acid groups (broad SMARTS) is 1. The number of primary amides is 1. The van der Waals surface area contributed by atoms with Crippen LogP contribution < -0.4 is 16.2 Å². The molecule has 13 heteroatoms. The number of amides is 2. The smallest absolute Gasteiger partial charge is 0.308 e. The molecule has 0 bridgehead atoms. The molecule has 48 heavy (non-hydrogen) atoms. The SMILES string of the molecule is CCCCCCCC[N+](C)(C)CCOC(=O)C(C)CC(CC1CCCC1C(CC(CC)C(N)=O)C(=O)[O-])C(=O)NC(C)(C)CS(=O)(=O)O. The van der Waals surface area contributed by atoms with E-state index in [1.54, 1.807) is 13.8 Å². The van der Waals surface area contributed by atoms with Crippen LogP contribution in [0.15, 0.2) is 0 Å². The molecule has 12 nitrogen and oxygen atoms in total. The van der Waals surface area contributed by atoms with Crippen molar-refractivity contribution in [2.75, 3.05) is 39.5 Å². The quantitative estimate of drug-likeness (QED) is 0.0553. The molecule has 2 amide bonds. The van der Waals surface area contributed by atoms with E-state index in [1.165, 1.54) is 46.0 Å². The van der Waals surface area contributed by atoms with Gasteiger partial charge in [-0.25, -0.2) is 0 Å². The molecular weight excluding hydrogens is 638 g/mol. The topological polar surface area (TPSA) is 193 Å². The Morgan fingerprint density at radius 1 is 1.00 bits per heavy atom. The highest BCUT2D eigenvalue weighted by molar-refractivity contribution is 7.85. The summed E-state index contributed by atoms with van der Waals surface area (Å²) in [6.45, 7) is 10.5. The van der Waals surface area contributed by atoms with E-state index in [0.717, 1.165) is 23.9 Å². The summed E-state index contributed by atoms with van der Waals surface area (Å²) in [5.41, 5.74) is 4.22. The van der Waals surface area contributed by atoms with Gasteiger partial charge >= 0.3 is 5.97 Å². The number of unbranched alkanes of at least 4 members (excludes halogenated alkanes) is 5. The predicted molar refractivity (Wildman–Crippen MR) is 184 cm³/mol. The number of nitrogens with zero attached hydrogens (tertiary/aromatic N) is 1. The standard InChI is InChI=1S/C35H65N3O9S/c1-8-10-11-12-13-14-18-38(6,7)19-20-47-34(43)25(3)21-28(32(40)37-35(4,5)24-48(44,45)46)22-27-16-15-17-29(27)30(33(41)42)23-26(9-2)31(36)39/h25-30H,8-24H2,1-7H3,(H4-,36,37,39,40,41,42,44,45,46). The molecule has 0 saturated heterocycles. The molecule has 1 fully saturated rings. The largest absolute Gasteiger partial charge is 0.550 e. The summed E-state index contributed by atoms with van der Waals surface area (Å²) >= 11 is 0. The number of carbonyl (C=O) groups is 4. The van der Waals surface area contributed by atoms with Gasteiger partial charge in [-0.2, -0.15) is 8.42 Å². The van der Waals surface area contributed by atoms with Gasteiger partial charge in [0.2, 0.25) is 11.8 Å². The van der Waals surface area contributed by atoms with Crippen LogP contribution in [-0.4, -0.2) is 86.3 Å². The lowest BCUT2D eigenvalue weighted by atomic mass is 9.74. The van der Waals surface area contributed by atoms with Crippen molar-refractivity contribution < 1.29 is 46.5 Å². The van der Waals surface area contributed by atoms with Crippen molar-refractivity contribution in [2.45, 2.75) is 124 Å². The van der Waals surface area contributed by atoms with E-state index in [-0.39, 0.29) is 37.7 Å². The molecule has 0 spiro atoms. The maximum Gasteiger partial charge on any atom is 0.308 e. The Morgan fingerprint density at radius 2 is 1.62 bits per heavy atom. The van der Waals surface area contributed by atoms with E-state index < -0.39 is 68.8 Å². The van der Waals surface area contributed by atoms with Crippen molar-refractivity contribution in [1.82, 2.24) is 5.32 Å². The van der Waals surface area contributed by atoms with E-state index in [2.05, 4.69) is 26.3 Å². The lowest BCUT2D eigenvalue weighted by Crippen LogP contribution is -2.51. The first-order valence-electron chi connectivity index (χ1n) is 18.0. The maximum absolute atomic E-state index is 13.7. The molecule has 0 aliphatic heterocycles. The lowest BCUT2D eigenvalue weighted by Gasteiger charge is -2.34. The fourth-order valence-electron chi connectivity index (χ4n) is 7.22. The highest BCUT2D eigenvalue weighted by Gasteiger charge is 2.40. The number of ether oxygens (including phenoxy) is 1. The molecule has 0 aromatic carbocycles. The number of rotatable bonds is 25. The van der Waals surface area contributed by atoms with Crippen LogP contribution in [0.2, 0.25) is 0 Å². The minimum absolute atomic E-state index is 0.0596. The third kappa shape index (κ3) is 16.9. The zero-order chi connectivity index (χ0) is 36.7. The lowest BCUT2D eigenvalue weighted by molar-refractivity contribution is -0.890. The first-order valence-corrected chi connectivity index (χ1v) is 19.6. The Bertz CT molecular complexity index is 1140. The highest BCUT2D eigenvalue weighted by Crippen LogP contribution is 2.43. The fraction of sp³-hybridized carbons (Fsp3) is 0.886. The van der Waals surface area contributed by atoms with Crippen molar-refractivity contribution >= 4 is 33.9 Å². The van der Waals surface area contributed by atoms with Crippen molar-refractivity contribution in [3.63, 3.8) is 0 Å². The summed E-state index contributed by atoms with van der Waals surface area (Å²) in [6, 6.07) is 0. The molecule has 4 N–H and O–H groups in total. The number of hydrogen-bond acceptors (Lipinski definition) is 8. The summed E-state index contributed by atoms with van der Waals surface area (Å²) in [5.74, 6) is -6.95. The van der Waals surface area contributed by atoms with Gasteiger partial charge in [0.1, 0.15) is 13.2 Å². The fourth-order valence-corrected chi connectivity index (χ4v) is 8.20. The van der Waals surface area contributed by atoms with E-state index in [1.807, 2.05) is 0 Å². The van der Waals surface area contributed by atoms with E-state index >= 15 is 0 Å². The first-order chi connectivity index (χ1) is 22.2. The Morgan fingerprint density at radius 3 is 2.19 bits per heavy atom. The Hall–Kier alpha value is -2.25. The molecule has 0 aromatic heterocycles. The minimum atomic E-state index is -4.40. The van der Waals surface area contributed by atoms with Gasteiger partial charge in [0.25, 0.3) is 10.1 Å². The number of nitrogens with two attached hydrogens (primary N) is 1. The van der Waals surface area contributed by atoms with Crippen LogP contribution in [-0.2, 0) is 34.0 Å². The van der Waals surface area contributed by atoms with Gasteiger partial charge in [-0.15, -0.1) is 0 Å².